The van der Waals surface area contributed by atoms with Crippen LogP contribution in [0.5, 0.6) is 0 Å². The molecule has 0 aliphatic carbocycles. The van der Waals surface area contributed by atoms with E-state index in [-0.39, 0.29) is 39.9 Å². The van der Waals surface area contributed by atoms with Gasteiger partial charge in [-0.2, -0.15) is 0 Å². The van der Waals surface area contributed by atoms with Crippen molar-refractivity contribution in [2.75, 3.05) is 6.61 Å². The molecule has 166 valence electrons. The molecule has 0 unspecified atom stereocenters. The fraction of sp³-hybridized carbons (Fsp3) is 0.217. The molecular formula is C23H21NO7S. The molecule has 1 aromatic carbocycles. The van der Waals surface area contributed by atoms with E-state index >= 15 is 0 Å². The van der Waals surface area contributed by atoms with Crippen LogP contribution >= 0.6 is 11.8 Å². The lowest BCUT2D eigenvalue weighted by atomic mass is 10.1. The molecule has 3 rings (SSSR count). The van der Waals surface area contributed by atoms with Gasteiger partial charge in [-0.25, -0.2) is 14.6 Å². The molecule has 1 aliphatic heterocycles. The van der Waals surface area contributed by atoms with E-state index in [4.69, 9.17) is 14.3 Å². The third kappa shape index (κ3) is 5.17. The Bertz CT molecular complexity index is 1160. The van der Waals surface area contributed by atoms with E-state index in [0.717, 1.165) is 11.8 Å². The first-order valence-electron chi connectivity index (χ1n) is 9.89. The molecule has 32 heavy (non-hydrogen) atoms. The van der Waals surface area contributed by atoms with Crippen LogP contribution in [-0.4, -0.2) is 39.7 Å². The summed E-state index contributed by atoms with van der Waals surface area (Å²) in [6, 6.07) is 9.61. The topological polar surface area (TPSA) is 126 Å². The Balaban J connectivity index is 1.94. The number of thioether (sulfide) groups is 1. The van der Waals surface area contributed by atoms with E-state index in [2.05, 4.69) is 4.99 Å². The minimum atomic E-state index is -1.05. The Hall–Kier alpha value is -3.59. The average molecular weight is 455 g/mol. The number of rotatable bonds is 7. The lowest BCUT2D eigenvalue weighted by Crippen LogP contribution is -2.14. The van der Waals surface area contributed by atoms with Crippen molar-refractivity contribution in [1.29, 1.82) is 0 Å². The highest BCUT2D eigenvalue weighted by atomic mass is 32.2. The molecule has 0 radical (unpaired) electrons. The number of carboxylic acid groups (broad SMARTS) is 1. The van der Waals surface area contributed by atoms with E-state index < -0.39 is 17.8 Å². The van der Waals surface area contributed by atoms with Gasteiger partial charge in [-0.05, 0) is 43.7 Å². The summed E-state index contributed by atoms with van der Waals surface area (Å²) in [5, 5.41) is 19.9. The quantitative estimate of drug-likeness (QED) is 0.568. The van der Waals surface area contributed by atoms with Crippen molar-refractivity contribution in [3.05, 3.63) is 64.0 Å². The molecule has 2 heterocycles. The number of carbonyl (C=O) groups is 3. The van der Waals surface area contributed by atoms with E-state index in [1.54, 1.807) is 31.2 Å². The molecular weight excluding hydrogens is 434 g/mol. The van der Waals surface area contributed by atoms with Crippen LogP contribution < -0.4 is 0 Å². The van der Waals surface area contributed by atoms with Crippen molar-refractivity contribution in [2.45, 2.75) is 26.7 Å². The first kappa shape index (κ1) is 23.1. The zero-order valence-corrected chi connectivity index (χ0v) is 18.3. The SMILES string of the molecule is CCCC(=O)N=C1S/C(=C\c2ccc(-c3cccc(C(=O)O)c3)o2)C(O)=C1C(=O)OCC. The number of aromatic carboxylic acids is 1. The summed E-state index contributed by atoms with van der Waals surface area (Å²) in [5.41, 5.74) is 0.545. The average Bonchev–Trinajstić information content (AvgIpc) is 3.33. The molecule has 9 heteroatoms. The van der Waals surface area contributed by atoms with Crippen LogP contribution in [0.25, 0.3) is 17.4 Å². The second kappa shape index (κ2) is 10.1. The maximum atomic E-state index is 12.3. The van der Waals surface area contributed by atoms with Crippen LogP contribution in [0, 0.1) is 0 Å². The van der Waals surface area contributed by atoms with Gasteiger partial charge in [0.25, 0.3) is 0 Å². The molecule has 1 aromatic heterocycles. The molecule has 1 aliphatic rings. The second-order valence-electron chi connectivity index (χ2n) is 6.70. The van der Waals surface area contributed by atoms with E-state index in [1.807, 2.05) is 6.92 Å². The maximum absolute atomic E-state index is 12.3. The highest BCUT2D eigenvalue weighted by molar-refractivity contribution is 8.18. The number of carboxylic acids is 1. The smallest absolute Gasteiger partial charge is 0.344 e. The van der Waals surface area contributed by atoms with Crippen LogP contribution in [0.15, 0.2) is 62.0 Å². The van der Waals surface area contributed by atoms with Gasteiger partial charge < -0.3 is 19.4 Å². The minimum Gasteiger partial charge on any atom is -0.506 e. The Morgan fingerprint density at radius 1 is 1.19 bits per heavy atom. The third-order valence-electron chi connectivity index (χ3n) is 4.35. The number of ether oxygens (including phenoxy) is 1. The summed E-state index contributed by atoms with van der Waals surface area (Å²) in [6.45, 7) is 3.58. The molecule has 0 atom stereocenters. The van der Waals surface area contributed by atoms with Gasteiger partial charge in [0, 0.05) is 12.0 Å². The van der Waals surface area contributed by atoms with Gasteiger partial charge in [0.1, 0.15) is 27.9 Å². The zero-order valence-electron chi connectivity index (χ0n) is 17.5. The van der Waals surface area contributed by atoms with Crippen LogP contribution in [0.4, 0.5) is 0 Å². The van der Waals surface area contributed by atoms with Gasteiger partial charge in [0.05, 0.1) is 17.1 Å². The highest BCUT2D eigenvalue weighted by Gasteiger charge is 2.34. The first-order chi connectivity index (χ1) is 15.3. The summed E-state index contributed by atoms with van der Waals surface area (Å²) >= 11 is 0.969. The number of nitrogens with zero attached hydrogens (tertiary/aromatic N) is 1. The molecule has 0 saturated carbocycles. The Morgan fingerprint density at radius 2 is 1.97 bits per heavy atom. The van der Waals surface area contributed by atoms with Crippen molar-refractivity contribution in [2.24, 2.45) is 4.99 Å². The Morgan fingerprint density at radius 3 is 2.66 bits per heavy atom. The normalized spacial score (nSPS) is 16.1. The molecule has 0 bridgehead atoms. The molecule has 1 amide bonds. The van der Waals surface area contributed by atoms with Gasteiger partial charge in [0.15, 0.2) is 0 Å². The van der Waals surface area contributed by atoms with Gasteiger partial charge in [0.2, 0.25) is 5.91 Å². The Kier molecular flexibility index (Phi) is 7.32. The number of esters is 1. The lowest BCUT2D eigenvalue weighted by molar-refractivity contribution is -0.138. The number of aliphatic hydroxyl groups is 1. The van der Waals surface area contributed by atoms with Gasteiger partial charge in [-0.15, -0.1) is 0 Å². The van der Waals surface area contributed by atoms with E-state index in [9.17, 15) is 19.5 Å². The fourth-order valence-electron chi connectivity index (χ4n) is 2.90. The summed E-state index contributed by atoms with van der Waals surface area (Å²) in [5.74, 6) is -1.77. The predicted molar refractivity (Wildman–Crippen MR) is 120 cm³/mol. The largest absolute Gasteiger partial charge is 0.506 e. The molecule has 0 saturated heterocycles. The van der Waals surface area contributed by atoms with Gasteiger partial charge >= 0.3 is 11.9 Å². The predicted octanol–water partition coefficient (Wildman–Crippen LogP) is 4.83. The van der Waals surface area contributed by atoms with E-state index in [1.165, 1.54) is 18.2 Å². The number of aliphatic imine (C=N–C) groups is 1. The standard InChI is InChI=1S/C23H21NO7S/c1-3-6-18(25)24-21-19(23(29)30-4-2)20(26)17(32-21)12-15-9-10-16(31-15)13-7-5-8-14(11-13)22(27)28/h5,7-12,26H,3-4,6H2,1-2H3,(H,27,28)/b17-12-,24-21?. The summed E-state index contributed by atoms with van der Waals surface area (Å²) in [7, 11) is 0. The second-order valence-corrected chi connectivity index (χ2v) is 7.73. The zero-order chi connectivity index (χ0) is 23.3. The monoisotopic (exact) mass is 455 g/mol. The Labute approximate surface area is 188 Å². The van der Waals surface area contributed by atoms with Gasteiger partial charge in [-0.1, -0.05) is 30.8 Å². The van der Waals surface area contributed by atoms with Crippen LogP contribution in [-0.2, 0) is 14.3 Å². The van der Waals surface area contributed by atoms with Crippen molar-refractivity contribution in [1.82, 2.24) is 0 Å². The number of amides is 1. The van der Waals surface area contributed by atoms with Crippen LogP contribution in [0.3, 0.4) is 0 Å². The number of hydrogen-bond donors (Lipinski definition) is 2. The fourth-order valence-corrected chi connectivity index (χ4v) is 3.91. The summed E-state index contributed by atoms with van der Waals surface area (Å²) < 4.78 is 10.8. The number of furan rings is 1. The number of hydrogen-bond acceptors (Lipinski definition) is 7. The van der Waals surface area contributed by atoms with Crippen molar-refractivity contribution in [3.63, 3.8) is 0 Å². The number of carbonyl (C=O) groups excluding carboxylic acids is 2. The molecule has 0 spiro atoms. The van der Waals surface area contributed by atoms with Crippen molar-refractivity contribution < 1.29 is 33.8 Å². The lowest BCUT2D eigenvalue weighted by Gasteiger charge is -2.03. The van der Waals surface area contributed by atoms with Crippen LogP contribution in [0.2, 0.25) is 0 Å². The van der Waals surface area contributed by atoms with Crippen molar-refractivity contribution in [3.8, 4) is 11.3 Å². The summed E-state index contributed by atoms with van der Waals surface area (Å²) in [6.07, 6.45) is 2.33. The molecule has 0 fully saturated rings. The maximum Gasteiger partial charge on any atom is 0.344 e. The number of aliphatic hydroxyl groups excluding tert-OH is 1. The van der Waals surface area contributed by atoms with E-state index in [0.29, 0.717) is 23.5 Å². The summed E-state index contributed by atoms with van der Waals surface area (Å²) in [4.78, 5) is 39.8. The van der Waals surface area contributed by atoms with Crippen LogP contribution in [0.1, 0.15) is 42.8 Å². The molecule has 2 aromatic rings. The highest BCUT2D eigenvalue weighted by Crippen LogP contribution is 2.39. The molecule has 2 N–H and O–H groups in total. The first-order valence-corrected chi connectivity index (χ1v) is 10.7. The molecule has 8 nitrogen and oxygen atoms in total. The van der Waals surface area contributed by atoms with Crippen molar-refractivity contribution >= 4 is 40.7 Å². The van der Waals surface area contributed by atoms with Gasteiger partial charge in [-0.3, -0.25) is 4.79 Å². The minimum absolute atomic E-state index is 0.0755. The third-order valence-corrected chi connectivity index (χ3v) is 5.37. The number of benzene rings is 1.